The minimum Gasteiger partial charge on any atom is -0.490 e. The number of fused-ring (bicyclic) bond motifs is 1. The highest BCUT2D eigenvalue weighted by atomic mass is 16.5. The van der Waals surface area contributed by atoms with E-state index in [0.717, 1.165) is 15.8 Å². The van der Waals surface area contributed by atoms with Crippen LogP contribution in [0.5, 0.6) is 5.75 Å². The van der Waals surface area contributed by atoms with Crippen LogP contribution in [0.3, 0.4) is 0 Å². The van der Waals surface area contributed by atoms with Crippen LogP contribution in [0.15, 0.2) is 30.5 Å². The molecular weight excluding hydrogens is 284 g/mol. The molecule has 0 saturated carbocycles. The van der Waals surface area contributed by atoms with E-state index in [-0.39, 0.29) is 37.3 Å². The molecule has 1 aliphatic heterocycles. The Balaban J connectivity index is 1.61. The number of rotatable bonds is 5. The number of likely N-dealkylation sites (tertiary alicyclic amines) is 1. The minimum absolute atomic E-state index is 0.0227. The second kappa shape index (κ2) is 5.81. The highest BCUT2D eigenvalue weighted by Gasteiger charge is 2.36. The Bertz CT molecular complexity index is 709. The number of carbonyl (C=O) groups excluding carboxylic acids is 2. The highest BCUT2D eigenvalue weighted by molar-refractivity contribution is 6.03. The molecule has 1 aromatic carbocycles. The summed E-state index contributed by atoms with van der Waals surface area (Å²) in [4.78, 5) is 27.7. The number of aromatic nitrogens is 1. The SMILES string of the molecule is C[C@H]1CC(=O)N(C[C@H](O)COc2cccc3[nH]ccc23)C1=O. The third kappa shape index (κ3) is 2.69. The van der Waals surface area contributed by atoms with Gasteiger partial charge in [0.2, 0.25) is 11.8 Å². The predicted octanol–water partition coefficient (Wildman–Crippen LogP) is 1.30. The maximum atomic E-state index is 11.8. The largest absolute Gasteiger partial charge is 0.490 e. The first kappa shape index (κ1) is 14.6. The van der Waals surface area contributed by atoms with Crippen molar-refractivity contribution < 1.29 is 19.4 Å². The fourth-order valence-electron chi connectivity index (χ4n) is 2.67. The zero-order valence-electron chi connectivity index (χ0n) is 12.3. The zero-order valence-corrected chi connectivity index (χ0v) is 12.3. The zero-order chi connectivity index (χ0) is 15.7. The van der Waals surface area contributed by atoms with E-state index in [1.165, 1.54) is 0 Å². The second-order valence-corrected chi connectivity index (χ2v) is 5.61. The number of aromatic amines is 1. The van der Waals surface area contributed by atoms with Crippen molar-refractivity contribution >= 4 is 22.7 Å². The molecule has 6 nitrogen and oxygen atoms in total. The molecule has 2 atom stereocenters. The number of hydrogen-bond donors (Lipinski definition) is 2. The third-order valence-electron chi connectivity index (χ3n) is 3.85. The Labute approximate surface area is 127 Å². The average Bonchev–Trinajstić information content (AvgIpc) is 3.06. The van der Waals surface area contributed by atoms with E-state index >= 15 is 0 Å². The van der Waals surface area contributed by atoms with Crippen molar-refractivity contribution in [3.63, 3.8) is 0 Å². The molecule has 1 aliphatic rings. The molecule has 0 aliphatic carbocycles. The lowest BCUT2D eigenvalue weighted by Gasteiger charge is -2.19. The number of benzene rings is 1. The fraction of sp³-hybridized carbons (Fsp3) is 0.375. The van der Waals surface area contributed by atoms with Crippen LogP contribution in [0.4, 0.5) is 0 Å². The molecule has 2 heterocycles. The van der Waals surface area contributed by atoms with Crippen LogP contribution < -0.4 is 4.74 Å². The molecule has 2 aromatic rings. The fourth-order valence-corrected chi connectivity index (χ4v) is 2.67. The second-order valence-electron chi connectivity index (χ2n) is 5.61. The number of nitrogens with zero attached hydrogens (tertiary/aromatic N) is 1. The van der Waals surface area contributed by atoms with Gasteiger partial charge in [-0.1, -0.05) is 13.0 Å². The molecule has 1 fully saturated rings. The Kier molecular flexibility index (Phi) is 3.85. The number of carbonyl (C=O) groups is 2. The Morgan fingerprint density at radius 2 is 2.23 bits per heavy atom. The summed E-state index contributed by atoms with van der Waals surface area (Å²) in [6.07, 6.45) is 1.12. The van der Waals surface area contributed by atoms with Crippen LogP contribution in [0.2, 0.25) is 0 Å². The highest BCUT2D eigenvalue weighted by Crippen LogP contribution is 2.25. The van der Waals surface area contributed by atoms with Gasteiger partial charge >= 0.3 is 0 Å². The van der Waals surface area contributed by atoms with E-state index in [4.69, 9.17) is 4.74 Å². The smallest absolute Gasteiger partial charge is 0.232 e. The van der Waals surface area contributed by atoms with Crippen LogP contribution in [0.25, 0.3) is 10.9 Å². The number of ether oxygens (including phenoxy) is 1. The molecule has 6 heteroatoms. The van der Waals surface area contributed by atoms with E-state index in [1.54, 1.807) is 6.92 Å². The predicted molar refractivity (Wildman–Crippen MR) is 80.3 cm³/mol. The van der Waals surface area contributed by atoms with E-state index < -0.39 is 6.10 Å². The lowest BCUT2D eigenvalue weighted by atomic mass is 10.1. The first-order valence-electron chi connectivity index (χ1n) is 7.27. The first-order chi connectivity index (χ1) is 10.6. The lowest BCUT2D eigenvalue weighted by Crippen LogP contribution is -2.39. The van der Waals surface area contributed by atoms with Gasteiger partial charge in [-0.25, -0.2) is 0 Å². The standard InChI is InChI=1S/C16H18N2O4/c1-10-7-15(20)18(16(10)21)8-11(19)9-22-14-4-2-3-13-12(14)5-6-17-13/h2-6,10-11,17,19H,7-9H2,1H3/t10-,11-/m0/s1. The number of β-amino-alcohol motifs (C(OH)–C–C–N with tert-alkyl or cyclic N) is 1. The summed E-state index contributed by atoms with van der Waals surface area (Å²) >= 11 is 0. The maximum Gasteiger partial charge on any atom is 0.232 e. The Morgan fingerprint density at radius 3 is 2.95 bits per heavy atom. The van der Waals surface area contributed by atoms with Crippen molar-refractivity contribution in [1.82, 2.24) is 9.88 Å². The summed E-state index contributed by atoms with van der Waals surface area (Å²) < 4.78 is 5.63. The van der Waals surface area contributed by atoms with Crippen LogP contribution in [0, 0.1) is 5.92 Å². The molecule has 0 unspecified atom stereocenters. The molecule has 0 bridgehead atoms. The maximum absolute atomic E-state index is 11.8. The molecule has 2 N–H and O–H groups in total. The van der Waals surface area contributed by atoms with Gasteiger partial charge in [-0.3, -0.25) is 14.5 Å². The molecule has 3 rings (SSSR count). The van der Waals surface area contributed by atoms with Crippen molar-refractivity contribution in [3.05, 3.63) is 30.5 Å². The normalized spacial score (nSPS) is 19.9. The molecule has 116 valence electrons. The number of aliphatic hydroxyl groups excluding tert-OH is 1. The van der Waals surface area contributed by atoms with Gasteiger partial charge in [0, 0.05) is 29.4 Å². The average molecular weight is 302 g/mol. The molecule has 1 saturated heterocycles. The van der Waals surface area contributed by atoms with Gasteiger partial charge in [-0.15, -0.1) is 0 Å². The van der Waals surface area contributed by atoms with Crippen LogP contribution in [-0.4, -0.2) is 46.1 Å². The Hall–Kier alpha value is -2.34. The molecular formula is C16H18N2O4. The van der Waals surface area contributed by atoms with Crippen LogP contribution in [0.1, 0.15) is 13.3 Å². The number of hydrogen-bond acceptors (Lipinski definition) is 4. The lowest BCUT2D eigenvalue weighted by molar-refractivity contribution is -0.141. The molecule has 1 aromatic heterocycles. The topological polar surface area (TPSA) is 82.6 Å². The number of aliphatic hydroxyl groups is 1. The summed E-state index contributed by atoms with van der Waals surface area (Å²) in [6.45, 7) is 1.72. The molecule has 0 radical (unpaired) electrons. The van der Waals surface area contributed by atoms with Crippen molar-refractivity contribution in [2.45, 2.75) is 19.4 Å². The molecule has 2 amide bonds. The van der Waals surface area contributed by atoms with Gasteiger partial charge in [0.1, 0.15) is 18.5 Å². The number of nitrogens with one attached hydrogen (secondary N) is 1. The summed E-state index contributed by atoms with van der Waals surface area (Å²) in [6, 6.07) is 7.50. The van der Waals surface area contributed by atoms with E-state index in [2.05, 4.69) is 4.98 Å². The van der Waals surface area contributed by atoms with Gasteiger partial charge in [0.25, 0.3) is 0 Å². The first-order valence-corrected chi connectivity index (χ1v) is 7.27. The number of amides is 2. The van der Waals surface area contributed by atoms with Gasteiger partial charge in [-0.05, 0) is 18.2 Å². The van der Waals surface area contributed by atoms with Gasteiger partial charge in [0.05, 0.1) is 6.54 Å². The van der Waals surface area contributed by atoms with E-state index in [0.29, 0.717) is 5.75 Å². The van der Waals surface area contributed by atoms with Gasteiger partial charge < -0.3 is 14.8 Å². The monoisotopic (exact) mass is 302 g/mol. The molecule has 22 heavy (non-hydrogen) atoms. The van der Waals surface area contributed by atoms with Crippen LogP contribution >= 0.6 is 0 Å². The van der Waals surface area contributed by atoms with Crippen molar-refractivity contribution in [2.75, 3.05) is 13.2 Å². The van der Waals surface area contributed by atoms with E-state index in [9.17, 15) is 14.7 Å². The number of imide groups is 1. The summed E-state index contributed by atoms with van der Waals surface area (Å²) in [5.41, 5.74) is 0.950. The Morgan fingerprint density at radius 1 is 1.41 bits per heavy atom. The minimum atomic E-state index is -0.910. The molecule has 0 spiro atoms. The van der Waals surface area contributed by atoms with Gasteiger partial charge in [0.15, 0.2) is 0 Å². The summed E-state index contributed by atoms with van der Waals surface area (Å²) in [7, 11) is 0. The van der Waals surface area contributed by atoms with Crippen LogP contribution in [-0.2, 0) is 9.59 Å². The van der Waals surface area contributed by atoms with Crippen molar-refractivity contribution in [1.29, 1.82) is 0 Å². The number of H-pyrrole nitrogens is 1. The quantitative estimate of drug-likeness (QED) is 0.816. The van der Waals surface area contributed by atoms with Crippen molar-refractivity contribution in [2.24, 2.45) is 5.92 Å². The van der Waals surface area contributed by atoms with Crippen molar-refractivity contribution in [3.8, 4) is 5.75 Å². The third-order valence-corrected chi connectivity index (χ3v) is 3.85. The summed E-state index contributed by atoms with van der Waals surface area (Å²) in [5.74, 6) is -0.0967. The van der Waals surface area contributed by atoms with E-state index in [1.807, 2.05) is 30.5 Å². The van der Waals surface area contributed by atoms with Gasteiger partial charge in [-0.2, -0.15) is 0 Å². The summed E-state index contributed by atoms with van der Waals surface area (Å²) in [5, 5.41) is 11.0.